The molecule has 1 heterocycles. The highest BCUT2D eigenvalue weighted by Crippen LogP contribution is 2.27. The molecule has 5 nitrogen and oxygen atoms in total. The van der Waals surface area contributed by atoms with E-state index in [0.717, 1.165) is 12.8 Å². The predicted octanol–water partition coefficient (Wildman–Crippen LogP) is 1.07. The second kappa shape index (κ2) is 5.26. The Bertz CT molecular complexity index is 336. The standard InChI is InChI=1S/C13H24N2O3/c1-8-6-5-7-15(9(8)12(17)18)11(16)10(14)13(2,3)4/h8-10H,5-7,14H2,1-4H3,(H,17,18)/t8?,9?,10-/m0/s1. The van der Waals surface area contributed by atoms with Gasteiger partial charge >= 0.3 is 5.97 Å². The van der Waals surface area contributed by atoms with Crippen molar-refractivity contribution in [3.8, 4) is 0 Å². The minimum atomic E-state index is -0.934. The van der Waals surface area contributed by atoms with Crippen LogP contribution in [0.3, 0.4) is 0 Å². The smallest absolute Gasteiger partial charge is 0.326 e. The van der Waals surface area contributed by atoms with Gasteiger partial charge in [-0.25, -0.2) is 4.79 Å². The maximum atomic E-state index is 12.3. The van der Waals surface area contributed by atoms with Crippen LogP contribution in [-0.2, 0) is 9.59 Å². The van der Waals surface area contributed by atoms with Crippen molar-refractivity contribution in [3.05, 3.63) is 0 Å². The summed E-state index contributed by atoms with van der Waals surface area (Å²) in [5.41, 5.74) is 5.59. The first kappa shape index (κ1) is 15.0. The third kappa shape index (κ3) is 3.02. The maximum absolute atomic E-state index is 12.3. The summed E-state index contributed by atoms with van der Waals surface area (Å²) in [6.07, 6.45) is 1.68. The van der Waals surface area contributed by atoms with Gasteiger partial charge in [0.25, 0.3) is 0 Å². The first-order valence-corrected chi connectivity index (χ1v) is 6.45. The summed E-state index contributed by atoms with van der Waals surface area (Å²) in [7, 11) is 0. The molecule has 1 fully saturated rings. The van der Waals surface area contributed by atoms with Gasteiger partial charge in [0.2, 0.25) is 5.91 Å². The van der Waals surface area contributed by atoms with Crippen molar-refractivity contribution in [3.63, 3.8) is 0 Å². The van der Waals surface area contributed by atoms with Crippen LogP contribution in [0.15, 0.2) is 0 Å². The zero-order chi connectivity index (χ0) is 14.1. The molecule has 0 aromatic heterocycles. The number of nitrogens with two attached hydrogens (primary N) is 1. The average Bonchev–Trinajstić information content (AvgIpc) is 2.24. The minimum Gasteiger partial charge on any atom is -0.480 e. The van der Waals surface area contributed by atoms with E-state index in [1.807, 2.05) is 27.7 Å². The molecule has 0 aliphatic carbocycles. The molecule has 2 unspecified atom stereocenters. The Hall–Kier alpha value is -1.10. The summed E-state index contributed by atoms with van der Waals surface area (Å²) >= 11 is 0. The van der Waals surface area contributed by atoms with Gasteiger partial charge in [-0.1, -0.05) is 27.7 Å². The summed E-state index contributed by atoms with van der Waals surface area (Å²) in [5.74, 6) is -1.20. The number of nitrogens with zero attached hydrogens (tertiary/aromatic N) is 1. The fourth-order valence-electron chi connectivity index (χ4n) is 2.36. The first-order valence-electron chi connectivity index (χ1n) is 6.45. The molecule has 0 radical (unpaired) electrons. The number of carboxylic acid groups (broad SMARTS) is 1. The van der Waals surface area contributed by atoms with Crippen LogP contribution in [0.25, 0.3) is 0 Å². The van der Waals surface area contributed by atoms with Crippen molar-refractivity contribution in [2.24, 2.45) is 17.1 Å². The number of rotatable bonds is 2. The Kier molecular flexibility index (Phi) is 4.37. The first-order chi connectivity index (χ1) is 8.16. The Morgan fingerprint density at radius 3 is 2.39 bits per heavy atom. The van der Waals surface area contributed by atoms with Gasteiger partial charge in [0.15, 0.2) is 0 Å². The van der Waals surface area contributed by atoms with Crippen molar-refractivity contribution >= 4 is 11.9 Å². The fraction of sp³-hybridized carbons (Fsp3) is 0.846. The maximum Gasteiger partial charge on any atom is 0.326 e. The number of hydrogen-bond acceptors (Lipinski definition) is 3. The lowest BCUT2D eigenvalue weighted by Gasteiger charge is -2.40. The average molecular weight is 256 g/mol. The van der Waals surface area contributed by atoms with Gasteiger partial charge in [-0.3, -0.25) is 4.79 Å². The SMILES string of the molecule is CC1CCCN(C(=O)[C@H](N)C(C)(C)C)C1C(=O)O. The molecule has 1 aliphatic rings. The van der Waals surface area contributed by atoms with E-state index in [4.69, 9.17) is 5.73 Å². The van der Waals surface area contributed by atoms with Gasteiger partial charge in [-0.05, 0) is 24.2 Å². The van der Waals surface area contributed by atoms with E-state index >= 15 is 0 Å². The van der Waals surface area contributed by atoms with Crippen LogP contribution >= 0.6 is 0 Å². The zero-order valence-corrected chi connectivity index (χ0v) is 11.6. The van der Waals surface area contributed by atoms with Gasteiger partial charge in [0.05, 0.1) is 6.04 Å². The molecule has 5 heteroatoms. The molecule has 0 aromatic rings. The summed E-state index contributed by atoms with van der Waals surface area (Å²) in [4.78, 5) is 25.1. The number of carbonyl (C=O) groups is 2. The number of carbonyl (C=O) groups excluding carboxylic acids is 1. The molecule has 1 aliphatic heterocycles. The van der Waals surface area contributed by atoms with Crippen LogP contribution in [0.4, 0.5) is 0 Å². The Morgan fingerprint density at radius 2 is 1.94 bits per heavy atom. The normalized spacial score (nSPS) is 26.8. The highest BCUT2D eigenvalue weighted by atomic mass is 16.4. The molecule has 3 N–H and O–H groups in total. The molecule has 0 spiro atoms. The van der Waals surface area contributed by atoms with Crippen molar-refractivity contribution in [1.82, 2.24) is 4.90 Å². The summed E-state index contributed by atoms with van der Waals surface area (Å²) in [5, 5.41) is 9.28. The second-order valence-electron chi connectivity index (χ2n) is 6.28. The number of piperidine rings is 1. The largest absolute Gasteiger partial charge is 0.480 e. The number of carboxylic acids is 1. The van der Waals surface area contributed by atoms with E-state index in [1.165, 1.54) is 4.90 Å². The number of aliphatic carboxylic acids is 1. The predicted molar refractivity (Wildman–Crippen MR) is 69.0 cm³/mol. The van der Waals surface area contributed by atoms with E-state index in [9.17, 15) is 14.7 Å². The molecule has 0 saturated carbocycles. The van der Waals surface area contributed by atoms with E-state index in [-0.39, 0.29) is 17.2 Å². The highest BCUT2D eigenvalue weighted by molar-refractivity contribution is 5.87. The third-order valence-corrected chi connectivity index (χ3v) is 3.67. The van der Waals surface area contributed by atoms with Crippen LogP contribution < -0.4 is 5.73 Å². The lowest BCUT2D eigenvalue weighted by molar-refractivity contribution is -0.156. The monoisotopic (exact) mass is 256 g/mol. The van der Waals surface area contributed by atoms with Gasteiger partial charge < -0.3 is 15.7 Å². The van der Waals surface area contributed by atoms with Crippen molar-refractivity contribution in [2.75, 3.05) is 6.54 Å². The Morgan fingerprint density at radius 1 is 1.39 bits per heavy atom. The van der Waals surface area contributed by atoms with Gasteiger partial charge in [0, 0.05) is 6.54 Å². The number of amides is 1. The number of hydrogen-bond donors (Lipinski definition) is 2. The van der Waals surface area contributed by atoms with E-state index in [2.05, 4.69) is 0 Å². The molecular formula is C13H24N2O3. The van der Waals surface area contributed by atoms with E-state index in [0.29, 0.717) is 6.54 Å². The molecule has 1 saturated heterocycles. The lowest BCUT2D eigenvalue weighted by Crippen LogP contribution is -2.58. The van der Waals surface area contributed by atoms with E-state index in [1.54, 1.807) is 0 Å². The zero-order valence-electron chi connectivity index (χ0n) is 11.6. The topological polar surface area (TPSA) is 83.6 Å². The van der Waals surface area contributed by atoms with Gasteiger partial charge in [-0.2, -0.15) is 0 Å². The highest BCUT2D eigenvalue weighted by Gasteiger charge is 2.41. The third-order valence-electron chi connectivity index (χ3n) is 3.67. The van der Waals surface area contributed by atoms with Gasteiger partial charge in [-0.15, -0.1) is 0 Å². The van der Waals surface area contributed by atoms with Crippen molar-refractivity contribution in [1.29, 1.82) is 0 Å². The van der Waals surface area contributed by atoms with Crippen LogP contribution in [0.5, 0.6) is 0 Å². The summed E-state index contributed by atoms with van der Waals surface area (Å²) < 4.78 is 0. The Balaban J connectivity index is 2.92. The Labute approximate surface area is 108 Å². The minimum absolute atomic E-state index is 0.0210. The second-order valence-corrected chi connectivity index (χ2v) is 6.28. The quantitative estimate of drug-likeness (QED) is 0.774. The summed E-state index contributed by atoms with van der Waals surface area (Å²) in [6, 6.07) is -1.40. The van der Waals surface area contributed by atoms with Crippen molar-refractivity contribution in [2.45, 2.75) is 52.6 Å². The molecule has 0 bridgehead atoms. The molecule has 1 amide bonds. The van der Waals surface area contributed by atoms with Crippen LogP contribution in [0, 0.1) is 11.3 Å². The fourth-order valence-corrected chi connectivity index (χ4v) is 2.36. The lowest BCUT2D eigenvalue weighted by atomic mass is 9.84. The summed E-state index contributed by atoms with van der Waals surface area (Å²) in [6.45, 7) is 8.03. The van der Waals surface area contributed by atoms with Crippen LogP contribution in [-0.4, -0.2) is 40.5 Å². The number of likely N-dealkylation sites (tertiary alicyclic amines) is 1. The molecule has 18 heavy (non-hydrogen) atoms. The van der Waals surface area contributed by atoms with Crippen molar-refractivity contribution < 1.29 is 14.7 Å². The van der Waals surface area contributed by atoms with Crippen LogP contribution in [0.2, 0.25) is 0 Å². The molecule has 0 aromatic carbocycles. The molecule has 1 rings (SSSR count). The van der Waals surface area contributed by atoms with Crippen LogP contribution in [0.1, 0.15) is 40.5 Å². The van der Waals surface area contributed by atoms with E-state index < -0.39 is 18.1 Å². The molecule has 104 valence electrons. The molecular weight excluding hydrogens is 232 g/mol. The van der Waals surface area contributed by atoms with Gasteiger partial charge in [0.1, 0.15) is 6.04 Å². The molecule has 3 atom stereocenters.